The van der Waals surface area contributed by atoms with Crippen LogP contribution in [0.3, 0.4) is 0 Å². The molecule has 0 saturated carbocycles. The molecule has 27 heavy (non-hydrogen) atoms. The number of nitrogens with one attached hydrogen (secondary N) is 3. The van der Waals surface area contributed by atoms with Crippen LogP contribution in [-0.4, -0.2) is 34.1 Å². The summed E-state index contributed by atoms with van der Waals surface area (Å²) < 4.78 is 7.72. The molecule has 2 aromatic rings. The third-order valence-corrected chi connectivity index (χ3v) is 4.06. The number of hydrogen-bond acceptors (Lipinski definition) is 5. The summed E-state index contributed by atoms with van der Waals surface area (Å²) in [4.78, 5) is 23.5. The minimum absolute atomic E-state index is 0.0494. The number of halogens is 3. The van der Waals surface area contributed by atoms with Crippen LogP contribution in [0, 0.1) is 0 Å². The van der Waals surface area contributed by atoms with Gasteiger partial charge in [-0.15, -0.1) is 0 Å². The molecule has 1 atom stereocenters. The fourth-order valence-corrected chi connectivity index (χ4v) is 2.48. The van der Waals surface area contributed by atoms with Crippen molar-refractivity contribution in [3.63, 3.8) is 0 Å². The zero-order chi connectivity index (χ0) is 20.0. The van der Waals surface area contributed by atoms with E-state index in [1.165, 1.54) is 19.4 Å². The summed E-state index contributed by atoms with van der Waals surface area (Å²) in [6.45, 7) is 0. The topological polar surface area (TPSA) is 92.6 Å². The molecule has 0 aliphatic carbocycles. The van der Waals surface area contributed by atoms with Crippen LogP contribution in [-0.2, 0) is 4.74 Å². The van der Waals surface area contributed by atoms with Gasteiger partial charge in [-0.05, 0) is 48.6 Å². The highest BCUT2D eigenvalue weighted by Crippen LogP contribution is 2.29. The molecular formula is C16H14Cl3N3O4S. The Morgan fingerprint density at radius 2 is 1.81 bits per heavy atom. The number of furan rings is 1. The number of alkyl halides is 3. The number of ether oxygens (including phenoxy) is 1. The second kappa shape index (κ2) is 9.27. The first kappa shape index (κ1) is 21.3. The Morgan fingerprint density at radius 3 is 2.33 bits per heavy atom. The monoisotopic (exact) mass is 449 g/mol. The molecule has 0 bridgehead atoms. The van der Waals surface area contributed by atoms with Gasteiger partial charge in [0.15, 0.2) is 10.9 Å². The number of hydrogen-bond donors (Lipinski definition) is 3. The molecule has 7 nitrogen and oxygen atoms in total. The van der Waals surface area contributed by atoms with Crippen LogP contribution in [0.15, 0.2) is 47.1 Å². The van der Waals surface area contributed by atoms with E-state index < -0.39 is 21.8 Å². The second-order valence-corrected chi connectivity index (χ2v) is 7.87. The maximum atomic E-state index is 12.1. The first-order valence-corrected chi connectivity index (χ1v) is 8.92. The Bertz CT molecular complexity index is 807. The van der Waals surface area contributed by atoms with E-state index in [1.807, 2.05) is 0 Å². The van der Waals surface area contributed by atoms with Crippen molar-refractivity contribution in [3.8, 4) is 0 Å². The highest BCUT2D eigenvalue weighted by Gasteiger charge is 2.35. The SMILES string of the molecule is COC(=O)c1ccc(NC(=S)N[C@H](NC(=O)c2ccco2)C(Cl)(Cl)Cl)cc1. The Labute approximate surface area is 175 Å². The molecule has 2 rings (SSSR count). The van der Waals surface area contributed by atoms with Crippen LogP contribution in [0.4, 0.5) is 5.69 Å². The maximum Gasteiger partial charge on any atom is 0.337 e. The molecule has 0 spiro atoms. The molecule has 1 amide bonds. The van der Waals surface area contributed by atoms with Gasteiger partial charge >= 0.3 is 5.97 Å². The quantitative estimate of drug-likeness (QED) is 0.278. The van der Waals surface area contributed by atoms with E-state index in [-0.39, 0.29) is 10.9 Å². The molecule has 0 radical (unpaired) electrons. The summed E-state index contributed by atoms with van der Waals surface area (Å²) in [6.07, 6.45) is 0.200. The first-order chi connectivity index (χ1) is 12.7. The van der Waals surface area contributed by atoms with Gasteiger partial charge in [0, 0.05) is 5.69 Å². The largest absolute Gasteiger partial charge is 0.465 e. The number of benzene rings is 1. The predicted octanol–water partition coefficient (Wildman–Crippen LogP) is 3.48. The Balaban J connectivity index is 2.01. The van der Waals surface area contributed by atoms with Gasteiger partial charge in [0.2, 0.25) is 3.79 Å². The van der Waals surface area contributed by atoms with E-state index in [1.54, 1.807) is 30.3 Å². The van der Waals surface area contributed by atoms with Crippen molar-refractivity contribution in [2.24, 2.45) is 0 Å². The van der Waals surface area contributed by atoms with E-state index in [0.717, 1.165) is 0 Å². The van der Waals surface area contributed by atoms with Gasteiger partial charge in [0.25, 0.3) is 5.91 Å². The summed E-state index contributed by atoms with van der Waals surface area (Å²) in [7, 11) is 1.29. The van der Waals surface area contributed by atoms with E-state index in [0.29, 0.717) is 11.3 Å². The third-order valence-electron chi connectivity index (χ3n) is 3.19. The molecule has 1 heterocycles. The third kappa shape index (κ3) is 6.28. The molecule has 144 valence electrons. The average Bonchev–Trinajstić information content (AvgIpc) is 3.15. The minimum atomic E-state index is -1.90. The Morgan fingerprint density at radius 1 is 1.15 bits per heavy atom. The van der Waals surface area contributed by atoms with Crippen LogP contribution >= 0.6 is 47.0 Å². The molecule has 0 aliphatic heterocycles. The second-order valence-electron chi connectivity index (χ2n) is 5.09. The van der Waals surface area contributed by atoms with E-state index in [2.05, 4.69) is 20.7 Å². The number of amides is 1. The lowest BCUT2D eigenvalue weighted by molar-refractivity contribution is 0.0600. The standard InChI is InChI=1S/C16H14Cl3N3O4S/c1-25-13(24)9-4-6-10(7-5-9)20-15(27)22-14(16(17,18)19)21-12(23)11-3-2-8-26-11/h2-8,14H,1H3,(H,21,23)(H2,20,22,27)/t14-/m0/s1. The van der Waals surface area contributed by atoms with E-state index in [9.17, 15) is 9.59 Å². The van der Waals surface area contributed by atoms with Crippen molar-refractivity contribution < 1.29 is 18.7 Å². The van der Waals surface area contributed by atoms with Gasteiger partial charge in [0.05, 0.1) is 18.9 Å². The molecule has 3 N–H and O–H groups in total. The van der Waals surface area contributed by atoms with Crippen LogP contribution in [0.2, 0.25) is 0 Å². The normalized spacial score (nSPS) is 12.0. The lowest BCUT2D eigenvalue weighted by Gasteiger charge is -2.27. The number of anilines is 1. The lowest BCUT2D eigenvalue weighted by Crippen LogP contribution is -2.56. The van der Waals surface area contributed by atoms with Crippen molar-refractivity contribution in [1.29, 1.82) is 0 Å². The van der Waals surface area contributed by atoms with Crippen LogP contribution in [0.5, 0.6) is 0 Å². The predicted molar refractivity (Wildman–Crippen MR) is 107 cm³/mol. The molecule has 1 aromatic heterocycles. The zero-order valence-corrected chi connectivity index (χ0v) is 16.9. The first-order valence-electron chi connectivity index (χ1n) is 7.37. The molecule has 11 heteroatoms. The lowest BCUT2D eigenvalue weighted by atomic mass is 10.2. The molecule has 0 unspecified atom stereocenters. The summed E-state index contributed by atoms with van der Waals surface area (Å²) >= 11 is 22.9. The summed E-state index contributed by atoms with van der Waals surface area (Å²) in [5.41, 5.74) is 0.951. The number of esters is 1. The van der Waals surface area contributed by atoms with Gasteiger partial charge in [-0.3, -0.25) is 4.79 Å². The maximum absolute atomic E-state index is 12.1. The number of carbonyl (C=O) groups excluding carboxylic acids is 2. The molecular weight excluding hydrogens is 437 g/mol. The number of methoxy groups -OCH3 is 1. The summed E-state index contributed by atoms with van der Waals surface area (Å²) in [5, 5.41) is 8.12. The van der Waals surface area contributed by atoms with Gasteiger partial charge < -0.3 is 25.1 Å². The smallest absolute Gasteiger partial charge is 0.337 e. The highest BCUT2D eigenvalue weighted by atomic mass is 35.6. The molecule has 0 saturated heterocycles. The van der Waals surface area contributed by atoms with Crippen molar-refractivity contribution in [3.05, 3.63) is 54.0 Å². The average molecular weight is 451 g/mol. The zero-order valence-electron chi connectivity index (χ0n) is 13.8. The summed E-state index contributed by atoms with van der Waals surface area (Å²) in [5.74, 6) is -0.999. The van der Waals surface area contributed by atoms with Gasteiger partial charge in [-0.2, -0.15) is 0 Å². The van der Waals surface area contributed by atoms with Gasteiger partial charge in [0.1, 0.15) is 6.17 Å². The van der Waals surface area contributed by atoms with Crippen molar-refractivity contribution in [1.82, 2.24) is 10.6 Å². The van der Waals surface area contributed by atoms with Gasteiger partial charge in [-0.25, -0.2) is 4.79 Å². The van der Waals surface area contributed by atoms with Crippen molar-refractivity contribution >= 4 is 69.7 Å². The fraction of sp³-hybridized carbons (Fsp3) is 0.188. The fourth-order valence-electron chi connectivity index (χ4n) is 1.92. The van der Waals surface area contributed by atoms with Crippen molar-refractivity contribution in [2.45, 2.75) is 9.96 Å². The molecule has 1 aromatic carbocycles. The van der Waals surface area contributed by atoms with Crippen molar-refractivity contribution in [2.75, 3.05) is 12.4 Å². The summed E-state index contributed by atoms with van der Waals surface area (Å²) in [6, 6.07) is 9.36. The van der Waals surface area contributed by atoms with Crippen LogP contribution in [0.25, 0.3) is 0 Å². The van der Waals surface area contributed by atoms with Gasteiger partial charge in [-0.1, -0.05) is 34.8 Å². The Kier molecular flexibility index (Phi) is 7.32. The Hall–Kier alpha value is -2.00. The molecule has 0 aliphatic rings. The van der Waals surface area contributed by atoms with E-state index in [4.69, 9.17) is 51.4 Å². The number of carbonyl (C=O) groups is 2. The van der Waals surface area contributed by atoms with Crippen LogP contribution in [0.1, 0.15) is 20.9 Å². The minimum Gasteiger partial charge on any atom is -0.465 e. The van der Waals surface area contributed by atoms with Crippen LogP contribution < -0.4 is 16.0 Å². The molecule has 0 fully saturated rings. The number of thiocarbonyl (C=S) groups is 1. The number of rotatable bonds is 5. The van der Waals surface area contributed by atoms with E-state index >= 15 is 0 Å². The highest BCUT2D eigenvalue weighted by molar-refractivity contribution is 7.80.